The highest BCUT2D eigenvalue weighted by molar-refractivity contribution is 5.04. The van der Waals surface area contributed by atoms with Crippen LogP contribution in [0, 0.1) is 0 Å². The molecule has 1 heterocycles. The molecule has 0 amide bonds. The molecule has 1 saturated heterocycles. The van der Waals surface area contributed by atoms with Crippen molar-refractivity contribution in [3.05, 3.63) is 12.3 Å². The zero-order valence-electron chi connectivity index (χ0n) is 8.25. The fourth-order valence-corrected chi connectivity index (χ4v) is 2.15. The third kappa shape index (κ3) is 1.81. The highest BCUT2D eigenvalue weighted by Gasteiger charge is 2.27. The molecule has 0 radical (unpaired) electrons. The van der Waals surface area contributed by atoms with E-state index >= 15 is 0 Å². The molecule has 1 unspecified atom stereocenters. The second-order valence-electron chi connectivity index (χ2n) is 4.01. The van der Waals surface area contributed by atoms with Gasteiger partial charge in [0.25, 0.3) is 0 Å². The predicted molar refractivity (Wildman–Crippen MR) is 50.8 cm³/mol. The maximum atomic E-state index is 9.46. The lowest BCUT2D eigenvalue weighted by Crippen LogP contribution is -2.44. The minimum absolute atomic E-state index is 0.178. The maximum absolute atomic E-state index is 9.46. The van der Waals surface area contributed by atoms with Gasteiger partial charge in [-0.05, 0) is 27.2 Å². The Morgan fingerprint density at radius 3 is 2.58 bits per heavy atom. The molecule has 1 fully saturated rings. The number of piperidine rings is 1. The molecule has 1 rings (SSSR count). The summed E-state index contributed by atoms with van der Waals surface area (Å²) in [7, 11) is 0. The maximum Gasteiger partial charge on any atom is 0.0614 e. The molecule has 2 atom stereocenters. The van der Waals surface area contributed by atoms with E-state index in [0.29, 0.717) is 12.1 Å². The molecule has 0 bridgehead atoms. The number of hydrogen-bond donors (Lipinski definition) is 1. The molecule has 0 spiro atoms. The first-order valence-corrected chi connectivity index (χ1v) is 4.66. The summed E-state index contributed by atoms with van der Waals surface area (Å²) in [5, 5.41) is 9.46. The van der Waals surface area contributed by atoms with Gasteiger partial charge in [0.15, 0.2) is 0 Å². The van der Waals surface area contributed by atoms with Crippen molar-refractivity contribution in [3.8, 4) is 0 Å². The minimum Gasteiger partial charge on any atom is -0.393 e. The van der Waals surface area contributed by atoms with Gasteiger partial charge in [-0.1, -0.05) is 6.58 Å². The molecule has 70 valence electrons. The second kappa shape index (κ2) is 3.48. The van der Waals surface area contributed by atoms with E-state index in [2.05, 4.69) is 32.3 Å². The summed E-state index contributed by atoms with van der Waals surface area (Å²) in [5.41, 5.74) is 1.08. The van der Waals surface area contributed by atoms with Gasteiger partial charge in [0.2, 0.25) is 0 Å². The lowest BCUT2D eigenvalue weighted by atomic mass is 9.97. The Balaban J connectivity index is 2.67. The Morgan fingerprint density at radius 1 is 1.58 bits per heavy atom. The van der Waals surface area contributed by atoms with Crippen LogP contribution < -0.4 is 0 Å². The lowest BCUT2D eigenvalue weighted by Gasteiger charge is -2.42. The van der Waals surface area contributed by atoms with E-state index in [4.69, 9.17) is 0 Å². The van der Waals surface area contributed by atoms with Gasteiger partial charge in [-0.25, -0.2) is 0 Å². The molecule has 1 aliphatic rings. The van der Waals surface area contributed by atoms with Crippen molar-refractivity contribution in [1.82, 2.24) is 4.90 Å². The van der Waals surface area contributed by atoms with Gasteiger partial charge >= 0.3 is 0 Å². The van der Waals surface area contributed by atoms with Gasteiger partial charge in [0.1, 0.15) is 0 Å². The van der Waals surface area contributed by atoms with Gasteiger partial charge in [0, 0.05) is 24.2 Å². The first-order valence-electron chi connectivity index (χ1n) is 4.66. The lowest BCUT2D eigenvalue weighted by molar-refractivity contribution is 0.0655. The molecule has 0 aromatic carbocycles. The molecule has 0 aromatic rings. The smallest absolute Gasteiger partial charge is 0.0614 e. The first kappa shape index (κ1) is 9.59. The standard InChI is InChI=1S/C10H19NO/c1-7(2)11-8(3)5-10(12)6-9(11)4/h7,9-10,12H,3,5-6H2,1-2,4H3/t9-,10?/m1/s1. The molecule has 0 aliphatic carbocycles. The molecule has 0 saturated carbocycles. The van der Waals surface area contributed by atoms with Crippen LogP contribution in [0.15, 0.2) is 12.3 Å². The van der Waals surface area contributed by atoms with Crippen molar-refractivity contribution in [2.75, 3.05) is 0 Å². The third-order valence-electron chi connectivity index (χ3n) is 2.48. The summed E-state index contributed by atoms with van der Waals surface area (Å²) < 4.78 is 0. The summed E-state index contributed by atoms with van der Waals surface area (Å²) in [5.74, 6) is 0. The number of nitrogens with zero attached hydrogens (tertiary/aromatic N) is 1. The van der Waals surface area contributed by atoms with E-state index in [-0.39, 0.29) is 6.10 Å². The largest absolute Gasteiger partial charge is 0.393 e. The Kier molecular flexibility index (Phi) is 2.78. The first-order chi connectivity index (χ1) is 5.52. The average Bonchev–Trinajstić information content (AvgIpc) is 1.82. The number of aliphatic hydroxyl groups excluding tert-OH is 1. The zero-order valence-corrected chi connectivity index (χ0v) is 8.25. The zero-order chi connectivity index (χ0) is 9.30. The minimum atomic E-state index is -0.178. The van der Waals surface area contributed by atoms with Gasteiger partial charge in [0.05, 0.1) is 6.10 Å². The van der Waals surface area contributed by atoms with Gasteiger partial charge in [-0.3, -0.25) is 0 Å². The van der Waals surface area contributed by atoms with Gasteiger partial charge < -0.3 is 10.0 Å². The highest BCUT2D eigenvalue weighted by atomic mass is 16.3. The van der Waals surface area contributed by atoms with Crippen molar-refractivity contribution in [2.24, 2.45) is 0 Å². The van der Waals surface area contributed by atoms with E-state index in [1.165, 1.54) is 0 Å². The van der Waals surface area contributed by atoms with E-state index in [9.17, 15) is 5.11 Å². The normalized spacial score (nSPS) is 31.4. The Hall–Kier alpha value is -0.500. The molecule has 12 heavy (non-hydrogen) atoms. The van der Waals surface area contributed by atoms with Crippen LogP contribution in [-0.2, 0) is 0 Å². The van der Waals surface area contributed by atoms with Gasteiger partial charge in [-0.2, -0.15) is 0 Å². The Morgan fingerprint density at radius 2 is 2.17 bits per heavy atom. The van der Waals surface area contributed by atoms with Crippen LogP contribution in [0.5, 0.6) is 0 Å². The van der Waals surface area contributed by atoms with Crippen molar-refractivity contribution >= 4 is 0 Å². The topological polar surface area (TPSA) is 23.5 Å². The summed E-state index contributed by atoms with van der Waals surface area (Å²) >= 11 is 0. The molecule has 1 aliphatic heterocycles. The highest BCUT2D eigenvalue weighted by Crippen LogP contribution is 2.26. The van der Waals surface area contributed by atoms with Crippen molar-refractivity contribution in [2.45, 2.75) is 51.8 Å². The van der Waals surface area contributed by atoms with Crippen molar-refractivity contribution in [3.63, 3.8) is 0 Å². The van der Waals surface area contributed by atoms with E-state index < -0.39 is 0 Å². The van der Waals surface area contributed by atoms with Crippen LogP contribution in [0.2, 0.25) is 0 Å². The molecular weight excluding hydrogens is 150 g/mol. The van der Waals surface area contributed by atoms with Crippen LogP contribution in [-0.4, -0.2) is 28.2 Å². The molecule has 0 aromatic heterocycles. The SMILES string of the molecule is C=C1CC(O)C[C@@H](C)N1C(C)C. The molecular formula is C10H19NO. The number of hydrogen-bond acceptors (Lipinski definition) is 2. The molecule has 1 N–H and O–H groups in total. The second-order valence-corrected chi connectivity index (χ2v) is 4.01. The van der Waals surface area contributed by atoms with Crippen LogP contribution in [0.1, 0.15) is 33.6 Å². The average molecular weight is 169 g/mol. The van der Waals surface area contributed by atoms with Crippen LogP contribution in [0.3, 0.4) is 0 Å². The van der Waals surface area contributed by atoms with Crippen LogP contribution in [0.4, 0.5) is 0 Å². The monoisotopic (exact) mass is 169 g/mol. The van der Waals surface area contributed by atoms with E-state index in [1.54, 1.807) is 0 Å². The number of rotatable bonds is 1. The number of aliphatic hydroxyl groups is 1. The fraction of sp³-hybridized carbons (Fsp3) is 0.800. The van der Waals surface area contributed by atoms with E-state index in [1.807, 2.05) is 0 Å². The molecule has 2 nitrogen and oxygen atoms in total. The Labute approximate surface area is 74.9 Å². The number of likely N-dealkylation sites (tertiary alicyclic amines) is 1. The van der Waals surface area contributed by atoms with Gasteiger partial charge in [-0.15, -0.1) is 0 Å². The fourth-order valence-electron chi connectivity index (χ4n) is 2.15. The quantitative estimate of drug-likeness (QED) is 0.646. The summed E-state index contributed by atoms with van der Waals surface area (Å²) in [6, 6.07) is 0.932. The summed E-state index contributed by atoms with van der Waals surface area (Å²) in [6.07, 6.45) is 1.43. The Bertz CT molecular complexity index is 177. The van der Waals surface area contributed by atoms with Crippen LogP contribution >= 0.6 is 0 Å². The van der Waals surface area contributed by atoms with E-state index in [0.717, 1.165) is 18.5 Å². The summed E-state index contributed by atoms with van der Waals surface area (Å²) in [4.78, 5) is 2.30. The molecule has 2 heteroatoms. The predicted octanol–water partition coefficient (Wildman–Crippen LogP) is 1.75. The van der Waals surface area contributed by atoms with Crippen molar-refractivity contribution < 1.29 is 5.11 Å². The van der Waals surface area contributed by atoms with Crippen molar-refractivity contribution in [1.29, 1.82) is 0 Å². The third-order valence-corrected chi connectivity index (χ3v) is 2.48. The van der Waals surface area contributed by atoms with Crippen LogP contribution in [0.25, 0.3) is 0 Å². The summed E-state index contributed by atoms with van der Waals surface area (Å²) in [6.45, 7) is 10.5.